The maximum atomic E-state index is 12.9. The fourth-order valence-electron chi connectivity index (χ4n) is 4.21. The van der Waals surface area contributed by atoms with Crippen LogP contribution >= 0.6 is 15.9 Å². The molecule has 3 rings (SSSR count). The standard InChI is InChI=1S/C28H33BrO2SSi/c1-28(2,3)33(26-18-9-5-10-19-26,27-20-11-6-12-21-27)31-22-14-13-17-25(23-29)32(30)24-15-7-4-8-16-24/h4-12,15-21H,13-14,22-23H2,1-3H3/b25-17-. The molecule has 0 N–H and O–H groups in total. The number of allylic oxidation sites excluding steroid dienone is 2. The summed E-state index contributed by atoms with van der Waals surface area (Å²) in [5, 5.41) is 3.17. The average molecular weight is 542 g/mol. The predicted molar refractivity (Wildman–Crippen MR) is 148 cm³/mol. The molecule has 0 aliphatic heterocycles. The molecule has 2 nitrogen and oxygen atoms in total. The molecule has 0 bridgehead atoms. The summed E-state index contributed by atoms with van der Waals surface area (Å²) in [6.07, 6.45) is 3.82. The second-order valence-electron chi connectivity index (χ2n) is 9.04. The first kappa shape index (κ1) is 25.8. The molecule has 0 heterocycles. The van der Waals surface area contributed by atoms with E-state index in [1.54, 1.807) is 0 Å². The van der Waals surface area contributed by atoms with Crippen molar-refractivity contribution in [3.63, 3.8) is 0 Å². The lowest BCUT2D eigenvalue weighted by Gasteiger charge is -2.43. The average Bonchev–Trinajstić information content (AvgIpc) is 2.84. The molecule has 33 heavy (non-hydrogen) atoms. The van der Waals surface area contributed by atoms with Gasteiger partial charge in [-0.1, -0.05) is 122 Å². The van der Waals surface area contributed by atoms with Crippen molar-refractivity contribution >= 4 is 45.4 Å². The van der Waals surface area contributed by atoms with E-state index in [0.29, 0.717) is 11.9 Å². The first-order chi connectivity index (χ1) is 15.9. The Morgan fingerprint density at radius 1 is 0.879 bits per heavy atom. The molecule has 1 unspecified atom stereocenters. The van der Waals surface area contributed by atoms with Crippen LogP contribution in [0.15, 0.2) is 107 Å². The largest absolute Gasteiger partial charge is 0.407 e. The molecule has 0 aliphatic carbocycles. The van der Waals surface area contributed by atoms with Crippen LogP contribution < -0.4 is 10.4 Å². The van der Waals surface area contributed by atoms with Gasteiger partial charge in [-0.05, 0) is 40.4 Å². The van der Waals surface area contributed by atoms with Crippen LogP contribution in [0.2, 0.25) is 5.04 Å². The highest BCUT2D eigenvalue weighted by Gasteiger charge is 2.49. The van der Waals surface area contributed by atoms with Gasteiger partial charge in [0.15, 0.2) is 0 Å². The quantitative estimate of drug-likeness (QED) is 0.168. The van der Waals surface area contributed by atoms with Crippen molar-refractivity contribution in [1.82, 2.24) is 0 Å². The minimum Gasteiger partial charge on any atom is -0.407 e. The van der Waals surface area contributed by atoms with Crippen LogP contribution in [0.1, 0.15) is 33.6 Å². The summed E-state index contributed by atoms with van der Waals surface area (Å²) >= 11 is 3.52. The normalized spacial score (nSPS) is 13.6. The van der Waals surface area contributed by atoms with E-state index in [2.05, 4.69) is 103 Å². The van der Waals surface area contributed by atoms with Crippen molar-refractivity contribution in [2.24, 2.45) is 0 Å². The molecular formula is C28H33BrO2SSi. The number of halogens is 1. The van der Waals surface area contributed by atoms with Gasteiger partial charge in [0.2, 0.25) is 0 Å². The van der Waals surface area contributed by atoms with Crippen LogP contribution in [0.3, 0.4) is 0 Å². The monoisotopic (exact) mass is 540 g/mol. The molecule has 0 aliphatic rings. The second-order valence-corrected chi connectivity index (χ2v) is 15.4. The first-order valence-electron chi connectivity index (χ1n) is 11.4. The number of alkyl halides is 1. The molecule has 0 aromatic heterocycles. The van der Waals surface area contributed by atoms with Crippen LogP contribution in [-0.4, -0.2) is 24.5 Å². The Kier molecular flexibility index (Phi) is 9.44. The van der Waals surface area contributed by atoms with Crippen molar-refractivity contribution in [2.45, 2.75) is 43.5 Å². The van der Waals surface area contributed by atoms with Gasteiger partial charge in [0.05, 0.1) is 10.8 Å². The van der Waals surface area contributed by atoms with Crippen LogP contribution in [-0.2, 0) is 15.2 Å². The van der Waals surface area contributed by atoms with Crippen molar-refractivity contribution in [3.8, 4) is 0 Å². The van der Waals surface area contributed by atoms with E-state index in [4.69, 9.17) is 4.43 Å². The van der Waals surface area contributed by atoms with E-state index in [1.807, 2.05) is 30.3 Å². The maximum absolute atomic E-state index is 12.9. The summed E-state index contributed by atoms with van der Waals surface area (Å²) in [6, 6.07) is 31.1. The first-order valence-corrected chi connectivity index (χ1v) is 15.5. The Balaban J connectivity index is 1.78. The number of hydrogen-bond donors (Lipinski definition) is 0. The number of benzene rings is 3. The van der Waals surface area contributed by atoms with E-state index in [-0.39, 0.29) is 5.04 Å². The fraction of sp³-hybridized carbons (Fsp3) is 0.286. The van der Waals surface area contributed by atoms with Crippen LogP contribution in [0, 0.1) is 0 Å². The number of rotatable bonds is 10. The maximum Gasteiger partial charge on any atom is 0.261 e. The lowest BCUT2D eigenvalue weighted by molar-refractivity contribution is 0.293. The highest BCUT2D eigenvalue weighted by atomic mass is 79.9. The van der Waals surface area contributed by atoms with E-state index in [0.717, 1.165) is 22.6 Å². The van der Waals surface area contributed by atoms with Gasteiger partial charge in [-0.15, -0.1) is 0 Å². The Bertz CT molecular complexity index is 1010. The molecule has 5 heteroatoms. The number of unbranched alkanes of at least 4 members (excludes halogenated alkanes) is 1. The van der Waals surface area contributed by atoms with Crippen molar-refractivity contribution in [3.05, 3.63) is 102 Å². The summed E-state index contributed by atoms with van der Waals surface area (Å²) in [4.78, 5) is 1.75. The smallest absolute Gasteiger partial charge is 0.261 e. The Morgan fingerprint density at radius 2 is 1.36 bits per heavy atom. The zero-order chi connectivity index (χ0) is 23.7. The van der Waals surface area contributed by atoms with E-state index in [9.17, 15) is 4.21 Å². The molecular weight excluding hydrogens is 508 g/mol. The lowest BCUT2D eigenvalue weighted by atomic mass is 10.2. The summed E-state index contributed by atoms with van der Waals surface area (Å²) < 4.78 is 19.8. The highest BCUT2D eigenvalue weighted by Crippen LogP contribution is 2.36. The van der Waals surface area contributed by atoms with Crippen LogP contribution in [0.5, 0.6) is 0 Å². The molecule has 0 spiro atoms. The Labute approximate surface area is 210 Å². The number of hydrogen-bond acceptors (Lipinski definition) is 2. The fourth-order valence-corrected chi connectivity index (χ4v) is 10.7. The third-order valence-corrected chi connectivity index (χ3v) is 13.3. The third kappa shape index (κ3) is 6.21. The van der Waals surface area contributed by atoms with Crippen LogP contribution in [0.4, 0.5) is 0 Å². The third-order valence-electron chi connectivity index (χ3n) is 5.78. The minimum atomic E-state index is -2.50. The SMILES string of the molecule is CC(C)(C)[Si](OCCC/C=C(/CBr)S(=O)c1ccccc1)(c1ccccc1)c1ccccc1. The summed E-state index contributed by atoms with van der Waals surface area (Å²) in [5.41, 5.74) is 0. The molecule has 0 saturated carbocycles. The van der Waals surface area contributed by atoms with Crippen molar-refractivity contribution in [2.75, 3.05) is 11.9 Å². The van der Waals surface area contributed by atoms with Crippen LogP contribution in [0.25, 0.3) is 0 Å². The molecule has 1 atom stereocenters. The molecule has 0 amide bonds. The molecule has 0 fully saturated rings. The van der Waals surface area contributed by atoms with Crippen molar-refractivity contribution in [1.29, 1.82) is 0 Å². The zero-order valence-corrected chi connectivity index (χ0v) is 23.1. The summed E-state index contributed by atoms with van der Waals surface area (Å²) in [7, 11) is -3.63. The topological polar surface area (TPSA) is 26.3 Å². The summed E-state index contributed by atoms with van der Waals surface area (Å²) in [6.45, 7) is 7.55. The van der Waals surface area contributed by atoms with Gasteiger partial charge in [0, 0.05) is 21.7 Å². The molecule has 174 valence electrons. The van der Waals surface area contributed by atoms with Crippen molar-refractivity contribution < 1.29 is 8.63 Å². The van der Waals surface area contributed by atoms with Gasteiger partial charge < -0.3 is 4.43 Å². The van der Waals surface area contributed by atoms with Gasteiger partial charge in [-0.2, -0.15) is 0 Å². The highest BCUT2D eigenvalue weighted by molar-refractivity contribution is 9.09. The molecule has 3 aromatic carbocycles. The van der Waals surface area contributed by atoms with E-state index in [1.165, 1.54) is 10.4 Å². The molecule has 0 saturated heterocycles. The lowest BCUT2D eigenvalue weighted by Crippen LogP contribution is -2.66. The van der Waals surface area contributed by atoms with Gasteiger partial charge in [0.1, 0.15) is 0 Å². The molecule has 3 aromatic rings. The second kappa shape index (κ2) is 12.1. The minimum absolute atomic E-state index is 0.0264. The van der Waals surface area contributed by atoms with Gasteiger partial charge in [-0.25, -0.2) is 4.21 Å². The molecule has 0 radical (unpaired) electrons. The zero-order valence-electron chi connectivity index (χ0n) is 19.7. The van der Waals surface area contributed by atoms with Gasteiger partial charge >= 0.3 is 0 Å². The van der Waals surface area contributed by atoms with E-state index < -0.39 is 19.1 Å². The summed E-state index contributed by atoms with van der Waals surface area (Å²) in [5.74, 6) is 0. The van der Waals surface area contributed by atoms with Gasteiger partial charge in [0.25, 0.3) is 8.32 Å². The Morgan fingerprint density at radius 3 is 1.82 bits per heavy atom. The predicted octanol–water partition coefficient (Wildman–Crippen LogP) is 6.43. The Hall–Kier alpha value is -1.79. The van der Waals surface area contributed by atoms with Gasteiger partial charge in [-0.3, -0.25) is 0 Å². The van der Waals surface area contributed by atoms with E-state index >= 15 is 0 Å².